The summed E-state index contributed by atoms with van der Waals surface area (Å²) in [5.41, 5.74) is 0.142. The van der Waals surface area contributed by atoms with Gasteiger partial charge in [-0.15, -0.1) is 11.8 Å². The lowest BCUT2D eigenvalue weighted by molar-refractivity contribution is -0.158. The fourth-order valence-corrected chi connectivity index (χ4v) is 6.03. The number of hydrogen-bond acceptors (Lipinski definition) is 7. The highest BCUT2D eigenvalue weighted by Gasteiger charge is 2.43. The number of aldehydes is 1. The highest BCUT2D eigenvalue weighted by molar-refractivity contribution is 7.99. The van der Waals surface area contributed by atoms with E-state index in [1.54, 1.807) is 25.7 Å². The van der Waals surface area contributed by atoms with Gasteiger partial charge < -0.3 is 24.1 Å². The third-order valence-electron chi connectivity index (χ3n) is 6.25. The summed E-state index contributed by atoms with van der Waals surface area (Å²) in [4.78, 5) is 53.5. The zero-order valence-electron chi connectivity index (χ0n) is 22.2. The monoisotopic (exact) mass is 548 g/mol. The Hall–Kier alpha value is -3.85. The fraction of sp³-hybridized carbons (Fsp3) is 0.333. The Morgan fingerprint density at radius 2 is 1.72 bits per heavy atom. The fourth-order valence-electron chi connectivity index (χ4n) is 4.58. The van der Waals surface area contributed by atoms with Gasteiger partial charge in [-0.2, -0.15) is 0 Å². The van der Waals surface area contributed by atoms with Crippen molar-refractivity contribution in [1.29, 1.82) is 0 Å². The van der Waals surface area contributed by atoms with Gasteiger partial charge in [0.1, 0.15) is 29.2 Å². The van der Waals surface area contributed by atoms with E-state index in [1.807, 2.05) is 72.8 Å². The number of hydrogen-bond donors (Lipinski definition) is 0. The summed E-state index contributed by atoms with van der Waals surface area (Å²) in [5.74, 6) is -0.0183. The minimum absolute atomic E-state index is 0.265. The van der Waals surface area contributed by atoms with Crippen LogP contribution in [0.2, 0.25) is 0 Å². The third-order valence-corrected chi connectivity index (χ3v) is 7.56. The van der Waals surface area contributed by atoms with E-state index >= 15 is 0 Å². The second kappa shape index (κ2) is 12.3. The van der Waals surface area contributed by atoms with E-state index in [2.05, 4.69) is 0 Å². The Bertz CT molecular complexity index is 1320. The molecule has 1 heterocycles. The number of amides is 2. The average Bonchev–Trinajstić information content (AvgIpc) is 3.36. The first-order valence-electron chi connectivity index (χ1n) is 12.7. The number of rotatable bonds is 10. The Kier molecular flexibility index (Phi) is 8.91. The highest BCUT2D eigenvalue weighted by Crippen LogP contribution is 2.42. The molecule has 9 heteroatoms. The van der Waals surface area contributed by atoms with Crippen molar-refractivity contribution in [2.24, 2.45) is 0 Å². The maximum absolute atomic E-state index is 13.8. The zero-order valence-corrected chi connectivity index (χ0v) is 23.0. The maximum atomic E-state index is 13.8. The van der Waals surface area contributed by atoms with Crippen molar-refractivity contribution in [3.05, 3.63) is 78.4 Å². The Balaban J connectivity index is 1.59. The van der Waals surface area contributed by atoms with Crippen LogP contribution in [0.15, 0.2) is 72.8 Å². The van der Waals surface area contributed by atoms with Crippen LogP contribution < -0.4 is 4.74 Å². The van der Waals surface area contributed by atoms with Crippen LogP contribution in [0.4, 0.5) is 0 Å². The summed E-state index contributed by atoms with van der Waals surface area (Å²) in [6.45, 7) is 4.92. The molecule has 0 saturated carbocycles. The van der Waals surface area contributed by atoms with Gasteiger partial charge in [0.25, 0.3) is 5.91 Å². The van der Waals surface area contributed by atoms with Crippen LogP contribution in [0.5, 0.6) is 5.75 Å². The van der Waals surface area contributed by atoms with Crippen LogP contribution in [0, 0.1) is 0 Å². The SMILES string of the molecule is CC(C)(C)OC(=O)C[C@@H](C=O)N(C=O)[C@H]1CSC(c2ccccc2)N1C(=O)COc1cccc2ccccc12. The second-order valence-corrected chi connectivity index (χ2v) is 11.3. The molecule has 0 spiro atoms. The minimum atomic E-state index is -1.09. The molecule has 0 aliphatic carbocycles. The molecule has 1 aliphatic rings. The highest BCUT2D eigenvalue weighted by atomic mass is 32.2. The van der Waals surface area contributed by atoms with Crippen molar-refractivity contribution < 1.29 is 28.7 Å². The van der Waals surface area contributed by atoms with Gasteiger partial charge in [0.05, 0.1) is 12.5 Å². The third kappa shape index (κ3) is 6.78. The first-order valence-corrected chi connectivity index (χ1v) is 13.7. The van der Waals surface area contributed by atoms with Crippen molar-refractivity contribution in [3.8, 4) is 5.75 Å². The molecular weight excluding hydrogens is 516 g/mol. The molecule has 0 radical (unpaired) electrons. The van der Waals surface area contributed by atoms with E-state index in [-0.39, 0.29) is 18.9 Å². The standard InChI is InChI=1S/C30H32N2O6S/c1-30(2,3)38-28(36)16-23(17-33)31(20-34)26-19-39-29(22-11-5-4-6-12-22)32(26)27(35)18-37-25-15-9-13-21-10-7-8-14-24(21)25/h4-15,17,20,23,26,29H,16,18-19H2,1-3H3/t23-,26+,29?/m0/s1. The van der Waals surface area contributed by atoms with Crippen LogP contribution in [0.1, 0.15) is 38.1 Å². The van der Waals surface area contributed by atoms with Gasteiger partial charge in [-0.3, -0.25) is 14.4 Å². The van der Waals surface area contributed by atoms with E-state index in [0.717, 1.165) is 16.3 Å². The molecule has 1 aliphatic heterocycles. The number of fused-ring (bicyclic) bond motifs is 1. The lowest BCUT2D eigenvalue weighted by Gasteiger charge is -2.37. The molecule has 39 heavy (non-hydrogen) atoms. The molecule has 3 aromatic rings. The van der Waals surface area contributed by atoms with E-state index in [1.165, 1.54) is 16.7 Å². The largest absolute Gasteiger partial charge is 0.483 e. The summed E-state index contributed by atoms with van der Waals surface area (Å²) in [6.07, 6.45) is -0.00772. The Labute approximate surface area is 232 Å². The number of nitrogens with zero attached hydrogens (tertiary/aromatic N) is 2. The van der Waals surface area contributed by atoms with E-state index < -0.39 is 29.2 Å². The summed E-state index contributed by atoms with van der Waals surface area (Å²) in [5, 5.41) is 1.46. The molecule has 3 aromatic carbocycles. The van der Waals surface area contributed by atoms with Crippen LogP contribution >= 0.6 is 11.8 Å². The van der Waals surface area contributed by atoms with Gasteiger partial charge in [-0.25, -0.2) is 0 Å². The van der Waals surface area contributed by atoms with Gasteiger partial charge in [0.2, 0.25) is 6.41 Å². The Morgan fingerprint density at radius 3 is 2.41 bits per heavy atom. The molecule has 204 valence electrons. The lowest BCUT2D eigenvalue weighted by Crippen LogP contribution is -2.54. The van der Waals surface area contributed by atoms with Gasteiger partial charge in [0, 0.05) is 11.1 Å². The van der Waals surface area contributed by atoms with Crippen molar-refractivity contribution in [3.63, 3.8) is 0 Å². The van der Waals surface area contributed by atoms with Crippen molar-refractivity contribution in [1.82, 2.24) is 9.80 Å². The average molecular weight is 549 g/mol. The van der Waals surface area contributed by atoms with Gasteiger partial charge in [-0.05, 0) is 37.8 Å². The minimum Gasteiger partial charge on any atom is -0.483 e. The molecule has 1 unspecified atom stereocenters. The first kappa shape index (κ1) is 28.2. The predicted octanol–water partition coefficient (Wildman–Crippen LogP) is 4.58. The molecule has 0 aromatic heterocycles. The molecule has 3 atom stereocenters. The molecule has 1 saturated heterocycles. The van der Waals surface area contributed by atoms with Gasteiger partial charge in [0.15, 0.2) is 6.61 Å². The topological polar surface area (TPSA) is 93.2 Å². The molecule has 0 N–H and O–H groups in total. The second-order valence-electron chi connectivity index (χ2n) is 10.2. The summed E-state index contributed by atoms with van der Waals surface area (Å²) in [6, 6.07) is 21.8. The van der Waals surface area contributed by atoms with Crippen LogP contribution in [0.25, 0.3) is 10.8 Å². The molecule has 0 bridgehead atoms. The van der Waals surface area contributed by atoms with Gasteiger partial charge in [-0.1, -0.05) is 66.7 Å². The number of ether oxygens (including phenoxy) is 2. The summed E-state index contributed by atoms with van der Waals surface area (Å²) >= 11 is 1.48. The summed E-state index contributed by atoms with van der Waals surface area (Å²) in [7, 11) is 0. The Morgan fingerprint density at radius 1 is 1.03 bits per heavy atom. The molecule has 8 nitrogen and oxygen atoms in total. The number of carbonyl (C=O) groups is 4. The number of esters is 1. The molecule has 1 fully saturated rings. The lowest BCUT2D eigenvalue weighted by atomic mass is 10.1. The van der Waals surface area contributed by atoms with E-state index in [0.29, 0.717) is 24.2 Å². The van der Waals surface area contributed by atoms with Crippen LogP contribution in [0.3, 0.4) is 0 Å². The van der Waals surface area contributed by atoms with Crippen molar-refractivity contribution in [2.75, 3.05) is 12.4 Å². The van der Waals surface area contributed by atoms with E-state index in [4.69, 9.17) is 9.47 Å². The van der Waals surface area contributed by atoms with Crippen LogP contribution in [-0.2, 0) is 23.9 Å². The molecule has 2 amide bonds. The predicted molar refractivity (Wildman–Crippen MR) is 150 cm³/mol. The normalized spacial score (nSPS) is 17.9. The maximum Gasteiger partial charge on any atom is 0.308 e. The quantitative estimate of drug-likeness (QED) is 0.271. The van der Waals surface area contributed by atoms with Crippen molar-refractivity contribution in [2.45, 2.75) is 50.4 Å². The van der Waals surface area contributed by atoms with Crippen molar-refractivity contribution >= 4 is 47.1 Å². The number of carbonyl (C=O) groups excluding carboxylic acids is 4. The van der Waals surface area contributed by atoms with Gasteiger partial charge >= 0.3 is 5.97 Å². The molecular formula is C30H32N2O6S. The summed E-state index contributed by atoms with van der Waals surface area (Å²) < 4.78 is 11.4. The number of thioether (sulfide) groups is 1. The van der Waals surface area contributed by atoms with Crippen LogP contribution in [-0.4, -0.2) is 64.5 Å². The van der Waals surface area contributed by atoms with E-state index in [9.17, 15) is 19.2 Å². The first-order chi connectivity index (χ1) is 18.7. The zero-order chi connectivity index (χ0) is 28.0. The number of benzene rings is 3. The molecule has 4 rings (SSSR count). The smallest absolute Gasteiger partial charge is 0.308 e.